The molecular weight excluding hydrogens is 364 g/mol. The standard InChI is InChI=1S/C24H34N2O3/c1-3-5-6-7-8-17-29-22-14-12-20(13-15-22)26-24(27)19-25-21-10-9-11-23(18-21)28-16-4-2/h9-15,18,25H,3-8,16-17,19H2,1-2H3,(H,26,27). The molecule has 0 bridgehead atoms. The van der Waals surface area contributed by atoms with E-state index >= 15 is 0 Å². The maximum Gasteiger partial charge on any atom is 0.243 e. The topological polar surface area (TPSA) is 59.6 Å². The predicted molar refractivity (Wildman–Crippen MR) is 120 cm³/mol. The van der Waals surface area contributed by atoms with E-state index in [1.165, 1.54) is 25.7 Å². The monoisotopic (exact) mass is 398 g/mol. The third kappa shape index (κ3) is 9.37. The van der Waals surface area contributed by atoms with E-state index in [0.29, 0.717) is 6.61 Å². The summed E-state index contributed by atoms with van der Waals surface area (Å²) in [6.45, 7) is 5.89. The van der Waals surface area contributed by atoms with E-state index in [1.54, 1.807) is 0 Å². The largest absolute Gasteiger partial charge is 0.494 e. The molecule has 0 fully saturated rings. The first-order chi connectivity index (χ1) is 14.2. The van der Waals surface area contributed by atoms with Crippen LogP contribution in [0.1, 0.15) is 52.4 Å². The molecule has 1 amide bonds. The van der Waals surface area contributed by atoms with Gasteiger partial charge in [0.2, 0.25) is 5.91 Å². The Morgan fingerprint density at radius 3 is 2.31 bits per heavy atom. The van der Waals surface area contributed by atoms with Crippen LogP contribution in [0.2, 0.25) is 0 Å². The minimum absolute atomic E-state index is 0.102. The first kappa shape index (κ1) is 22.6. The second-order valence-electron chi connectivity index (χ2n) is 7.07. The van der Waals surface area contributed by atoms with Crippen LogP contribution >= 0.6 is 0 Å². The number of nitrogens with one attached hydrogen (secondary N) is 2. The van der Waals surface area contributed by atoms with Crippen LogP contribution in [-0.4, -0.2) is 25.7 Å². The number of rotatable bonds is 14. The van der Waals surface area contributed by atoms with Gasteiger partial charge in [-0.1, -0.05) is 45.6 Å². The molecule has 0 aromatic heterocycles. The zero-order valence-electron chi connectivity index (χ0n) is 17.7. The Kier molecular flexibility index (Phi) is 10.5. The number of anilines is 2. The van der Waals surface area contributed by atoms with Gasteiger partial charge in [0, 0.05) is 17.4 Å². The molecule has 0 atom stereocenters. The molecule has 0 spiro atoms. The first-order valence-electron chi connectivity index (χ1n) is 10.7. The van der Waals surface area contributed by atoms with Crippen molar-refractivity contribution in [3.05, 3.63) is 48.5 Å². The van der Waals surface area contributed by atoms with Crippen LogP contribution in [0.4, 0.5) is 11.4 Å². The Morgan fingerprint density at radius 2 is 1.55 bits per heavy atom. The molecule has 0 saturated carbocycles. The Bertz CT molecular complexity index is 716. The number of ether oxygens (including phenoxy) is 2. The van der Waals surface area contributed by atoms with Crippen molar-refractivity contribution < 1.29 is 14.3 Å². The fourth-order valence-corrected chi connectivity index (χ4v) is 2.83. The zero-order valence-corrected chi connectivity index (χ0v) is 17.7. The van der Waals surface area contributed by atoms with E-state index < -0.39 is 0 Å². The number of benzene rings is 2. The van der Waals surface area contributed by atoms with E-state index in [9.17, 15) is 4.79 Å². The highest BCUT2D eigenvalue weighted by Crippen LogP contribution is 2.18. The fourth-order valence-electron chi connectivity index (χ4n) is 2.83. The average molecular weight is 399 g/mol. The molecule has 5 nitrogen and oxygen atoms in total. The lowest BCUT2D eigenvalue weighted by Gasteiger charge is -2.11. The Balaban J connectivity index is 1.69. The minimum Gasteiger partial charge on any atom is -0.494 e. The molecule has 29 heavy (non-hydrogen) atoms. The van der Waals surface area contributed by atoms with Gasteiger partial charge < -0.3 is 20.1 Å². The lowest BCUT2D eigenvalue weighted by Crippen LogP contribution is -2.21. The van der Waals surface area contributed by atoms with Crippen LogP contribution in [0.5, 0.6) is 11.5 Å². The summed E-state index contributed by atoms with van der Waals surface area (Å²) in [4.78, 5) is 12.2. The Labute approximate surface area is 174 Å². The van der Waals surface area contributed by atoms with Crippen LogP contribution in [0.25, 0.3) is 0 Å². The smallest absolute Gasteiger partial charge is 0.243 e. The van der Waals surface area contributed by atoms with Crippen molar-refractivity contribution in [3.8, 4) is 11.5 Å². The molecule has 5 heteroatoms. The fraction of sp³-hybridized carbons (Fsp3) is 0.458. The summed E-state index contributed by atoms with van der Waals surface area (Å²) in [7, 11) is 0. The number of hydrogen-bond donors (Lipinski definition) is 2. The summed E-state index contributed by atoms with van der Waals surface area (Å²) in [6.07, 6.45) is 7.07. The molecule has 0 unspecified atom stereocenters. The summed E-state index contributed by atoms with van der Waals surface area (Å²) in [5.74, 6) is 1.54. The predicted octanol–water partition coefficient (Wildman–Crippen LogP) is 5.88. The summed E-state index contributed by atoms with van der Waals surface area (Å²) < 4.78 is 11.4. The molecular formula is C24H34N2O3. The molecule has 2 N–H and O–H groups in total. The normalized spacial score (nSPS) is 10.4. The van der Waals surface area contributed by atoms with Gasteiger partial charge in [0.15, 0.2) is 0 Å². The maximum atomic E-state index is 12.2. The van der Waals surface area contributed by atoms with Gasteiger partial charge in [-0.25, -0.2) is 0 Å². The number of unbranched alkanes of at least 4 members (excludes halogenated alkanes) is 4. The zero-order chi connectivity index (χ0) is 20.7. The van der Waals surface area contributed by atoms with Gasteiger partial charge in [-0.2, -0.15) is 0 Å². The highest BCUT2D eigenvalue weighted by atomic mass is 16.5. The van der Waals surface area contributed by atoms with Crippen LogP contribution in [0, 0.1) is 0 Å². The first-order valence-corrected chi connectivity index (χ1v) is 10.7. The van der Waals surface area contributed by atoms with Gasteiger partial charge in [-0.3, -0.25) is 4.79 Å². The quantitative estimate of drug-likeness (QED) is 0.390. The molecule has 0 aliphatic heterocycles. The molecule has 0 aliphatic carbocycles. The number of hydrogen-bond acceptors (Lipinski definition) is 4. The Morgan fingerprint density at radius 1 is 0.793 bits per heavy atom. The molecule has 2 rings (SSSR count). The van der Waals surface area contributed by atoms with Gasteiger partial charge in [0.05, 0.1) is 19.8 Å². The van der Waals surface area contributed by atoms with Gasteiger partial charge in [-0.15, -0.1) is 0 Å². The molecule has 2 aromatic rings. The van der Waals surface area contributed by atoms with Crippen LogP contribution in [0.15, 0.2) is 48.5 Å². The summed E-state index contributed by atoms with van der Waals surface area (Å²) in [6, 6.07) is 15.2. The van der Waals surface area contributed by atoms with E-state index in [0.717, 1.165) is 42.3 Å². The highest BCUT2D eigenvalue weighted by Gasteiger charge is 2.04. The lowest BCUT2D eigenvalue weighted by atomic mass is 10.2. The molecule has 0 aliphatic rings. The van der Waals surface area contributed by atoms with Crippen molar-refractivity contribution >= 4 is 17.3 Å². The van der Waals surface area contributed by atoms with Crippen LogP contribution in [-0.2, 0) is 4.79 Å². The summed E-state index contributed by atoms with van der Waals surface area (Å²) in [5, 5.41) is 6.02. The number of amides is 1. The molecule has 0 heterocycles. The number of carbonyl (C=O) groups is 1. The second kappa shape index (κ2) is 13.5. The molecule has 0 saturated heterocycles. The second-order valence-corrected chi connectivity index (χ2v) is 7.07. The lowest BCUT2D eigenvalue weighted by molar-refractivity contribution is -0.114. The van der Waals surface area contributed by atoms with Crippen molar-refractivity contribution in [1.82, 2.24) is 0 Å². The van der Waals surface area contributed by atoms with Crippen molar-refractivity contribution in [1.29, 1.82) is 0 Å². The number of carbonyl (C=O) groups excluding carboxylic acids is 1. The van der Waals surface area contributed by atoms with Crippen molar-refractivity contribution in [2.24, 2.45) is 0 Å². The Hall–Kier alpha value is -2.69. The summed E-state index contributed by atoms with van der Waals surface area (Å²) in [5.41, 5.74) is 1.61. The van der Waals surface area contributed by atoms with Crippen LogP contribution < -0.4 is 20.1 Å². The highest BCUT2D eigenvalue weighted by molar-refractivity contribution is 5.93. The van der Waals surface area contributed by atoms with E-state index in [1.807, 2.05) is 48.5 Å². The van der Waals surface area contributed by atoms with E-state index in [4.69, 9.17) is 9.47 Å². The van der Waals surface area contributed by atoms with Gasteiger partial charge in [0.1, 0.15) is 11.5 Å². The molecule has 2 aromatic carbocycles. The average Bonchev–Trinajstić information content (AvgIpc) is 2.75. The molecule has 0 radical (unpaired) electrons. The van der Waals surface area contributed by atoms with Gasteiger partial charge in [-0.05, 0) is 49.2 Å². The molecule has 158 valence electrons. The van der Waals surface area contributed by atoms with Crippen LogP contribution in [0.3, 0.4) is 0 Å². The third-order valence-electron chi connectivity index (χ3n) is 4.41. The SMILES string of the molecule is CCCCCCCOc1ccc(NC(=O)CNc2cccc(OCCC)c2)cc1. The van der Waals surface area contributed by atoms with E-state index in [-0.39, 0.29) is 12.5 Å². The van der Waals surface area contributed by atoms with Crippen molar-refractivity contribution in [2.45, 2.75) is 52.4 Å². The third-order valence-corrected chi connectivity index (χ3v) is 4.41. The maximum absolute atomic E-state index is 12.2. The van der Waals surface area contributed by atoms with E-state index in [2.05, 4.69) is 24.5 Å². The van der Waals surface area contributed by atoms with Crippen molar-refractivity contribution in [2.75, 3.05) is 30.4 Å². The minimum atomic E-state index is -0.102. The summed E-state index contributed by atoms with van der Waals surface area (Å²) >= 11 is 0. The van der Waals surface area contributed by atoms with Gasteiger partial charge in [0.25, 0.3) is 0 Å². The van der Waals surface area contributed by atoms with Crippen molar-refractivity contribution in [3.63, 3.8) is 0 Å². The van der Waals surface area contributed by atoms with Gasteiger partial charge >= 0.3 is 0 Å².